The third-order valence-electron chi connectivity index (χ3n) is 2.84. The Labute approximate surface area is 108 Å². The summed E-state index contributed by atoms with van der Waals surface area (Å²) in [5, 5.41) is 2.45. The van der Waals surface area contributed by atoms with Crippen molar-refractivity contribution in [1.29, 1.82) is 0 Å². The second-order valence-corrected chi connectivity index (χ2v) is 4.24. The van der Waals surface area contributed by atoms with Crippen LogP contribution in [0, 0.1) is 13.8 Å². The van der Waals surface area contributed by atoms with Gasteiger partial charge in [0.25, 0.3) is 11.5 Å². The van der Waals surface area contributed by atoms with E-state index in [2.05, 4.69) is 10.3 Å². The summed E-state index contributed by atoms with van der Waals surface area (Å²) in [5.41, 5.74) is 1.27. The van der Waals surface area contributed by atoms with Crippen LogP contribution in [0.5, 0.6) is 0 Å². The van der Waals surface area contributed by atoms with Gasteiger partial charge in [-0.15, -0.1) is 0 Å². The Kier molecular flexibility index (Phi) is 3.33. The summed E-state index contributed by atoms with van der Waals surface area (Å²) in [5.74, 6) is -0.402. The summed E-state index contributed by atoms with van der Waals surface area (Å²) in [7, 11) is 0. The van der Waals surface area contributed by atoms with Crippen LogP contribution in [-0.4, -0.2) is 15.9 Å². The Morgan fingerprint density at radius 2 is 1.89 bits per heavy atom. The van der Waals surface area contributed by atoms with E-state index in [0.29, 0.717) is 5.56 Å². The summed E-state index contributed by atoms with van der Waals surface area (Å²) in [6, 6.07) is 5.25. The van der Waals surface area contributed by atoms with E-state index in [9.17, 15) is 14.4 Å². The van der Waals surface area contributed by atoms with E-state index in [0.717, 1.165) is 11.1 Å². The van der Waals surface area contributed by atoms with Gasteiger partial charge in [-0.25, -0.2) is 4.79 Å². The molecule has 0 aliphatic carbocycles. The van der Waals surface area contributed by atoms with Crippen LogP contribution >= 0.6 is 0 Å². The monoisotopic (exact) mass is 259 g/mol. The Hall–Kier alpha value is -2.63. The first-order valence-corrected chi connectivity index (χ1v) is 5.68. The first-order chi connectivity index (χ1) is 8.97. The molecule has 0 saturated heterocycles. The van der Waals surface area contributed by atoms with Crippen LogP contribution in [0.15, 0.2) is 34.0 Å². The third-order valence-corrected chi connectivity index (χ3v) is 2.84. The molecule has 0 aliphatic rings. The number of carbonyl (C=O) groups excluding carboxylic acids is 1. The van der Waals surface area contributed by atoms with Crippen molar-refractivity contribution in [2.75, 3.05) is 5.32 Å². The molecule has 98 valence electrons. The minimum Gasteiger partial charge on any atom is -0.316 e. The molecule has 0 fully saturated rings. The molecule has 2 aromatic rings. The average Bonchev–Trinajstić information content (AvgIpc) is 2.36. The van der Waals surface area contributed by atoms with Crippen molar-refractivity contribution in [3.8, 4) is 0 Å². The van der Waals surface area contributed by atoms with Gasteiger partial charge in [0.15, 0.2) is 0 Å². The standard InChI is InChI=1S/C13H13N3O3/c1-7-3-4-9(5-8(7)2)11(17)15-10-6-14-13(19)16-12(10)18/h3-6H,1-2H3,(H,15,17)(H2,14,16,18,19). The van der Waals surface area contributed by atoms with Crippen LogP contribution in [0.2, 0.25) is 0 Å². The van der Waals surface area contributed by atoms with E-state index < -0.39 is 17.2 Å². The number of nitrogens with one attached hydrogen (secondary N) is 3. The molecule has 19 heavy (non-hydrogen) atoms. The fraction of sp³-hybridized carbons (Fsp3) is 0.154. The van der Waals surface area contributed by atoms with E-state index in [1.54, 1.807) is 12.1 Å². The maximum Gasteiger partial charge on any atom is 0.325 e. The normalized spacial score (nSPS) is 10.2. The molecule has 1 heterocycles. The van der Waals surface area contributed by atoms with Crippen LogP contribution in [0.25, 0.3) is 0 Å². The van der Waals surface area contributed by atoms with Crippen LogP contribution in [-0.2, 0) is 0 Å². The van der Waals surface area contributed by atoms with Gasteiger partial charge in [0.05, 0.1) is 0 Å². The van der Waals surface area contributed by atoms with Crippen LogP contribution in [0.1, 0.15) is 21.5 Å². The molecule has 1 amide bonds. The van der Waals surface area contributed by atoms with Crippen molar-refractivity contribution >= 4 is 11.6 Å². The zero-order valence-corrected chi connectivity index (χ0v) is 10.5. The quantitative estimate of drug-likeness (QED) is 0.748. The van der Waals surface area contributed by atoms with E-state index >= 15 is 0 Å². The number of aromatic nitrogens is 2. The number of hydrogen-bond acceptors (Lipinski definition) is 3. The summed E-state index contributed by atoms with van der Waals surface area (Å²) in [6.45, 7) is 3.85. The molecule has 2 rings (SSSR count). The highest BCUT2D eigenvalue weighted by Gasteiger charge is 2.09. The van der Waals surface area contributed by atoms with Gasteiger partial charge in [-0.05, 0) is 37.1 Å². The lowest BCUT2D eigenvalue weighted by atomic mass is 10.1. The van der Waals surface area contributed by atoms with Gasteiger partial charge < -0.3 is 10.3 Å². The SMILES string of the molecule is Cc1ccc(C(=O)Nc2c[nH]c(=O)[nH]c2=O)cc1C. The number of anilines is 1. The molecule has 6 nitrogen and oxygen atoms in total. The van der Waals surface area contributed by atoms with Crippen molar-refractivity contribution in [1.82, 2.24) is 9.97 Å². The molecular weight excluding hydrogens is 246 g/mol. The molecule has 3 N–H and O–H groups in total. The number of carbonyl (C=O) groups is 1. The number of hydrogen-bond donors (Lipinski definition) is 3. The summed E-state index contributed by atoms with van der Waals surface area (Å²) in [4.78, 5) is 38.6. The first kappa shape index (κ1) is 12.8. The predicted octanol–water partition coefficient (Wildman–Crippen LogP) is 0.932. The van der Waals surface area contributed by atoms with Crippen LogP contribution < -0.4 is 16.6 Å². The molecule has 1 aromatic carbocycles. The summed E-state index contributed by atoms with van der Waals surface area (Å²) in [6.07, 6.45) is 1.17. The summed E-state index contributed by atoms with van der Waals surface area (Å²) >= 11 is 0. The lowest BCUT2D eigenvalue weighted by Gasteiger charge is -2.06. The first-order valence-electron chi connectivity index (χ1n) is 5.68. The highest BCUT2D eigenvalue weighted by atomic mass is 16.2. The highest BCUT2D eigenvalue weighted by Crippen LogP contribution is 2.10. The van der Waals surface area contributed by atoms with Crippen molar-refractivity contribution in [3.63, 3.8) is 0 Å². The van der Waals surface area contributed by atoms with Gasteiger partial charge >= 0.3 is 5.69 Å². The molecule has 0 unspecified atom stereocenters. The third kappa shape index (κ3) is 2.79. The molecule has 6 heteroatoms. The fourth-order valence-corrected chi connectivity index (χ4v) is 1.58. The second-order valence-electron chi connectivity index (χ2n) is 4.24. The zero-order valence-electron chi connectivity index (χ0n) is 10.5. The Balaban J connectivity index is 2.28. The molecule has 0 bridgehead atoms. The average molecular weight is 259 g/mol. The summed E-state index contributed by atoms with van der Waals surface area (Å²) < 4.78 is 0. The minimum atomic E-state index is -0.638. The van der Waals surface area contributed by atoms with Crippen LogP contribution in [0.4, 0.5) is 5.69 Å². The number of rotatable bonds is 2. The second kappa shape index (κ2) is 4.93. The van der Waals surface area contributed by atoms with Crippen molar-refractivity contribution in [2.24, 2.45) is 0 Å². The molecule has 1 aromatic heterocycles. The number of benzene rings is 1. The predicted molar refractivity (Wildman–Crippen MR) is 71.6 cm³/mol. The fourth-order valence-electron chi connectivity index (χ4n) is 1.58. The molecule has 0 saturated carbocycles. The Bertz CT molecular complexity index is 743. The number of amides is 1. The van der Waals surface area contributed by atoms with Gasteiger partial charge in [0.1, 0.15) is 5.69 Å². The maximum atomic E-state index is 12.0. The van der Waals surface area contributed by atoms with Gasteiger partial charge in [-0.2, -0.15) is 0 Å². The maximum absolute atomic E-state index is 12.0. The van der Waals surface area contributed by atoms with E-state index in [4.69, 9.17) is 0 Å². The Morgan fingerprint density at radius 1 is 1.16 bits per heavy atom. The van der Waals surface area contributed by atoms with Gasteiger partial charge in [0.2, 0.25) is 0 Å². The highest BCUT2D eigenvalue weighted by molar-refractivity contribution is 6.04. The number of aromatic amines is 2. The molecule has 0 radical (unpaired) electrons. The molecular formula is C13H13N3O3. The lowest BCUT2D eigenvalue weighted by molar-refractivity contribution is 0.102. The molecule has 0 spiro atoms. The largest absolute Gasteiger partial charge is 0.325 e. The van der Waals surface area contributed by atoms with Crippen molar-refractivity contribution in [2.45, 2.75) is 13.8 Å². The van der Waals surface area contributed by atoms with Crippen LogP contribution in [0.3, 0.4) is 0 Å². The number of H-pyrrole nitrogens is 2. The molecule has 0 aliphatic heterocycles. The van der Waals surface area contributed by atoms with E-state index in [-0.39, 0.29) is 5.69 Å². The van der Waals surface area contributed by atoms with Gasteiger partial charge in [-0.3, -0.25) is 14.6 Å². The van der Waals surface area contributed by atoms with Crippen molar-refractivity contribution < 1.29 is 4.79 Å². The van der Waals surface area contributed by atoms with E-state index in [1.165, 1.54) is 6.20 Å². The minimum absolute atomic E-state index is 0.00262. The topological polar surface area (TPSA) is 94.8 Å². The van der Waals surface area contributed by atoms with E-state index in [1.807, 2.05) is 24.9 Å². The smallest absolute Gasteiger partial charge is 0.316 e. The number of aryl methyl sites for hydroxylation is 2. The van der Waals surface area contributed by atoms with Gasteiger partial charge in [0, 0.05) is 11.8 Å². The zero-order chi connectivity index (χ0) is 14.0. The lowest BCUT2D eigenvalue weighted by Crippen LogP contribution is -2.26. The Morgan fingerprint density at radius 3 is 2.53 bits per heavy atom. The van der Waals surface area contributed by atoms with Crippen molar-refractivity contribution in [3.05, 3.63) is 61.9 Å². The molecule has 0 atom stereocenters. The van der Waals surface area contributed by atoms with Gasteiger partial charge in [-0.1, -0.05) is 6.07 Å².